The van der Waals surface area contributed by atoms with Gasteiger partial charge in [0.1, 0.15) is 0 Å². The van der Waals surface area contributed by atoms with Crippen LogP contribution in [0.2, 0.25) is 0 Å². The molecule has 1 aliphatic rings. The van der Waals surface area contributed by atoms with Gasteiger partial charge in [0.05, 0.1) is 5.56 Å². The van der Waals surface area contributed by atoms with Gasteiger partial charge in [-0.25, -0.2) is 4.79 Å². The minimum absolute atomic E-state index is 0.194. The summed E-state index contributed by atoms with van der Waals surface area (Å²) >= 11 is 0. The lowest BCUT2D eigenvalue weighted by Crippen LogP contribution is -2.33. The Morgan fingerprint density at radius 1 is 1.00 bits per heavy atom. The van der Waals surface area contributed by atoms with Crippen LogP contribution in [-0.4, -0.2) is 11.1 Å². The normalized spacial score (nSPS) is 17.9. The van der Waals surface area contributed by atoms with Crippen molar-refractivity contribution in [3.8, 4) is 0 Å². The van der Waals surface area contributed by atoms with Crippen molar-refractivity contribution in [3.63, 3.8) is 0 Å². The molecule has 0 unspecified atom stereocenters. The number of allylic oxidation sites excluding steroid dienone is 1. The van der Waals surface area contributed by atoms with Gasteiger partial charge in [-0.05, 0) is 76.5 Å². The maximum absolute atomic E-state index is 11.4. The molecule has 0 bridgehead atoms. The Labute approximate surface area is 169 Å². The third-order valence-corrected chi connectivity index (χ3v) is 6.43. The quantitative estimate of drug-likeness (QED) is 0.592. The molecule has 0 amide bonds. The van der Waals surface area contributed by atoms with Gasteiger partial charge in [0.25, 0.3) is 0 Å². The summed E-state index contributed by atoms with van der Waals surface area (Å²) in [5.41, 5.74) is 8.12. The number of fused-ring (bicyclic) bond motifs is 1. The molecule has 2 heteroatoms. The highest BCUT2D eigenvalue weighted by molar-refractivity contribution is 5.90. The Morgan fingerprint density at radius 2 is 1.64 bits per heavy atom. The summed E-state index contributed by atoms with van der Waals surface area (Å²) in [6.07, 6.45) is 5.30. The van der Waals surface area contributed by atoms with E-state index < -0.39 is 5.97 Å². The number of carbonyl (C=O) groups is 1. The van der Waals surface area contributed by atoms with Gasteiger partial charge in [-0.15, -0.1) is 0 Å². The molecule has 1 aliphatic carbocycles. The molecule has 0 radical (unpaired) electrons. The van der Waals surface area contributed by atoms with Crippen molar-refractivity contribution in [1.29, 1.82) is 0 Å². The second-order valence-corrected chi connectivity index (χ2v) is 9.43. The van der Waals surface area contributed by atoms with E-state index in [9.17, 15) is 9.90 Å². The molecule has 28 heavy (non-hydrogen) atoms. The van der Waals surface area contributed by atoms with E-state index in [-0.39, 0.29) is 10.8 Å². The minimum atomic E-state index is -0.858. The maximum atomic E-state index is 11.4. The Kier molecular flexibility index (Phi) is 5.27. The van der Waals surface area contributed by atoms with E-state index in [1.54, 1.807) is 6.07 Å². The molecule has 3 rings (SSSR count). The molecule has 2 aromatic rings. The number of aryl methyl sites for hydroxylation is 1. The zero-order valence-corrected chi connectivity index (χ0v) is 18.0. The third-order valence-electron chi connectivity index (χ3n) is 6.43. The van der Waals surface area contributed by atoms with E-state index in [1.165, 1.54) is 35.1 Å². The summed E-state index contributed by atoms with van der Waals surface area (Å²) < 4.78 is 0. The standard InChI is InChI=1S/C26H32O2/c1-7-19-15-18(8-10-21(19)24(27)28)14-17(2)20-9-11-22-23(16-20)26(5,6)13-12-25(22,3)4/h8-11,14-16H,7,12-13H2,1-6H3,(H,27,28)/b17-14+. The molecule has 0 saturated carbocycles. The summed E-state index contributed by atoms with van der Waals surface area (Å²) in [6, 6.07) is 12.5. The van der Waals surface area contributed by atoms with Crippen molar-refractivity contribution in [2.24, 2.45) is 0 Å². The van der Waals surface area contributed by atoms with Crippen LogP contribution in [0.15, 0.2) is 36.4 Å². The second-order valence-electron chi connectivity index (χ2n) is 9.43. The first-order valence-electron chi connectivity index (χ1n) is 10.2. The molecule has 0 heterocycles. The average molecular weight is 377 g/mol. The van der Waals surface area contributed by atoms with Crippen LogP contribution in [0.4, 0.5) is 0 Å². The zero-order chi connectivity index (χ0) is 20.7. The molecule has 1 N–H and O–H groups in total. The first-order valence-corrected chi connectivity index (χ1v) is 10.2. The molecular formula is C26H32O2. The third kappa shape index (κ3) is 3.78. The number of hydrogen-bond acceptors (Lipinski definition) is 1. The molecule has 0 aromatic heterocycles. The van der Waals surface area contributed by atoms with Gasteiger partial charge in [0, 0.05) is 0 Å². The number of aromatic carboxylic acids is 1. The lowest BCUT2D eigenvalue weighted by molar-refractivity contribution is 0.0695. The highest BCUT2D eigenvalue weighted by atomic mass is 16.4. The number of benzene rings is 2. The first kappa shape index (κ1) is 20.4. The van der Waals surface area contributed by atoms with Crippen LogP contribution in [0.25, 0.3) is 11.6 Å². The number of hydrogen-bond donors (Lipinski definition) is 1. The molecule has 0 aliphatic heterocycles. The molecule has 0 spiro atoms. The van der Waals surface area contributed by atoms with Crippen molar-refractivity contribution in [3.05, 3.63) is 69.8 Å². The smallest absolute Gasteiger partial charge is 0.335 e. The fourth-order valence-corrected chi connectivity index (χ4v) is 4.37. The van der Waals surface area contributed by atoms with E-state index in [0.29, 0.717) is 12.0 Å². The van der Waals surface area contributed by atoms with Gasteiger partial charge in [0.2, 0.25) is 0 Å². The van der Waals surface area contributed by atoms with Crippen LogP contribution in [-0.2, 0) is 17.3 Å². The van der Waals surface area contributed by atoms with E-state index >= 15 is 0 Å². The summed E-state index contributed by atoms with van der Waals surface area (Å²) in [4.78, 5) is 11.4. The fourth-order valence-electron chi connectivity index (χ4n) is 4.37. The van der Waals surface area contributed by atoms with Gasteiger partial charge < -0.3 is 5.11 Å². The maximum Gasteiger partial charge on any atom is 0.335 e. The SMILES string of the molecule is CCc1cc(/C=C(\C)c2ccc3c(c2)C(C)(C)CCC3(C)C)ccc1C(=O)O. The van der Waals surface area contributed by atoms with Gasteiger partial charge in [-0.2, -0.15) is 0 Å². The van der Waals surface area contributed by atoms with Crippen LogP contribution >= 0.6 is 0 Å². The average Bonchev–Trinajstić information content (AvgIpc) is 2.65. The predicted molar refractivity (Wildman–Crippen MR) is 118 cm³/mol. The van der Waals surface area contributed by atoms with Crippen LogP contribution < -0.4 is 0 Å². The molecule has 0 atom stereocenters. The van der Waals surface area contributed by atoms with Crippen molar-refractivity contribution in [1.82, 2.24) is 0 Å². The van der Waals surface area contributed by atoms with Crippen molar-refractivity contribution in [2.45, 2.75) is 71.6 Å². The van der Waals surface area contributed by atoms with E-state index in [0.717, 1.165) is 11.1 Å². The van der Waals surface area contributed by atoms with E-state index in [2.05, 4.69) is 58.9 Å². The zero-order valence-electron chi connectivity index (χ0n) is 18.0. The number of carboxylic acids is 1. The minimum Gasteiger partial charge on any atom is -0.478 e. The highest BCUT2D eigenvalue weighted by Crippen LogP contribution is 2.46. The van der Waals surface area contributed by atoms with Crippen molar-refractivity contribution >= 4 is 17.6 Å². The number of carboxylic acid groups (broad SMARTS) is 1. The summed E-state index contributed by atoms with van der Waals surface area (Å²) in [7, 11) is 0. The fraction of sp³-hybridized carbons (Fsp3) is 0.423. The molecule has 0 saturated heterocycles. The summed E-state index contributed by atoms with van der Waals surface area (Å²) in [5, 5.41) is 9.34. The van der Waals surface area contributed by atoms with Crippen molar-refractivity contribution in [2.75, 3.05) is 0 Å². The topological polar surface area (TPSA) is 37.3 Å². The van der Waals surface area contributed by atoms with Crippen LogP contribution in [0.3, 0.4) is 0 Å². The Bertz CT molecular complexity index is 945. The van der Waals surface area contributed by atoms with Gasteiger partial charge >= 0.3 is 5.97 Å². The largest absolute Gasteiger partial charge is 0.478 e. The van der Waals surface area contributed by atoms with Gasteiger partial charge in [-0.1, -0.05) is 71.0 Å². The Morgan fingerprint density at radius 3 is 2.25 bits per heavy atom. The molecule has 2 nitrogen and oxygen atoms in total. The van der Waals surface area contributed by atoms with Crippen molar-refractivity contribution < 1.29 is 9.90 Å². The lowest BCUT2D eigenvalue weighted by atomic mass is 9.63. The Balaban J connectivity index is 2.02. The second kappa shape index (κ2) is 7.24. The van der Waals surface area contributed by atoms with Crippen LogP contribution in [0.5, 0.6) is 0 Å². The van der Waals surface area contributed by atoms with Crippen LogP contribution in [0, 0.1) is 0 Å². The lowest BCUT2D eigenvalue weighted by Gasteiger charge is -2.42. The molecule has 2 aromatic carbocycles. The van der Waals surface area contributed by atoms with E-state index in [1.807, 2.05) is 19.1 Å². The predicted octanol–water partition coefficient (Wildman–Crippen LogP) is 6.86. The summed E-state index contributed by atoms with van der Waals surface area (Å²) in [5.74, 6) is -0.858. The van der Waals surface area contributed by atoms with Gasteiger partial charge in [0.15, 0.2) is 0 Å². The number of rotatable bonds is 4. The van der Waals surface area contributed by atoms with Crippen LogP contribution in [0.1, 0.15) is 92.6 Å². The monoisotopic (exact) mass is 376 g/mol. The molecule has 0 fully saturated rings. The molecular weight excluding hydrogens is 344 g/mol. The Hall–Kier alpha value is -2.35. The van der Waals surface area contributed by atoms with Gasteiger partial charge in [-0.3, -0.25) is 0 Å². The van der Waals surface area contributed by atoms with E-state index in [4.69, 9.17) is 0 Å². The highest BCUT2D eigenvalue weighted by Gasteiger charge is 2.36. The molecule has 148 valence electrons. The first-order chi connectivity index (χ1) is 13.0. The summed E-state index contributed by atoms with van der Waals surface area (Å²) in [6.45, 7) is 13.5.